The van der Waals surface area contributed by atoms with Crippen molar-refractivity contribution >= 4 is 23.6 Å². The van der Waals surface area contributed by atoms with Crippen LogP contribution in [0.2, 0.25) is 0 Å². The first-order valence-electron chi connectivity index (χ1n) is 9.20. The summed E-state index contributed by atoms with van der Waals surface area (Å²) in [6, 6.07) is 25.0. The molecule has 0 aliphatic heterocycles. The Morgan fingerprint density at radius 2 is 1.34 bits per heavy atom. The number of hydrazine groups is 1. The van der Waals surface area contributed by atoms with Crippen LogP contribution in [-0.2, 0) is 9.59 Å². The molecule has 148 valence electrons. The third-order valence-corrected chi connectivity index (χ3v) is 5.28. The summed E-state index contributed by atoms with van der Waals surface area (Å²) in [6.45, 7) is 0. The van der Waals surface area contributed by atoms with Crippen molar-refractivity contribution < 1.29 is 14.0 Å². The summed E-state index contributed by atoms with van der Waals surface area (Å²) in [5.41, 5.74) is 6.71. The van der Waals surface area contributed by atoms with E-state index in [1.807, 2.05) is 60.7 Å². The molecule has 6 heteroatoms. The minimum Gasteiger partial charge on any atom is -0.273 e. The molecule has 0 unspecified atom stereocenters. The molecule has 29 heavy (non-hydrogen) atoms. The molecule has 0 heterocycles. The van der Waals surface area contributed by atoms with Crippen LogP contribution in [0.15, 0.2) is 89.8 Å². The maximum atomic E-state index is 12.9. The fourth-order valence-electron chi connectivity index (χ4n) is 2.84. The Kier molecular flexibility index (Phi) is 7.41. The van der Waals surface area contributed by atoms with Gasteiger partial charge in [0, 0.05) is 17.1 Å². The van der Waals surface area contributed by atoms with Gasteiger partial charge in [0.25, 0.3) is 0 Å². The predicted octanol–water partition coefficient (Wildman–Crippen LogP) is 4.29. The van der Waals surface area contributed by atoms with Crippen molar-refractivity contribution in [1.29, 1.82) is 0 Å². The number of benzene rings is 3. The number of carbonyl (C=O) groups excluding carboxylic acids is 2. The second kappa shape index (κ2) is 10.4. The van der Waals surface area contributed by atoms with Crippen LogP contribution in [0.25, 0.3) is 0 Å². The van der Waals surface area contributed by atoms with E-state index in [0.717, 1.165) is 16.0 Å². The molecule has 4 nitrogen and oxygen atoms in total. The number of rotatable bonds is 7. The second-order valence-corrected chi connectivity index (χ2v) is 7.51. The molecule has 0 bridgehead atoms. The van der Waals surface area contributed by atoms with Gasteiger partial charge in [0.05, 0.1) is 5.92 Å². The number of hydrogen-bond donors (Lipinski definition) is 2. The van der Waals surface area contributed by atoms with Crippen molar-refractivity contribution in [3.63, 3.8) is 0 Å². The van der Waals surface area contributed by atoms with Gasteiger partial charge in [0.2, 0.25) is 11.8 Å². The molecule has 0 saturated carbocycles. The molecule has 0 saturated heterocycles. The van der Waals surface area contributed by atoms with Gasteiger partial charge in [-0.25, -0.2) is 4.39 Å². The maximum Gasteiger partial charge on any atom is 0.250 e. The van der Waals surface area contributed by atoms with Crippen molar-refractivity contribution in [2.24, 2.45) is 0 Å². The summed E-state index contributed by atoms with van der Waals surface area (Å²) in [7, 11) is 0. The van der Waals surface area contributed by atoms with Gasteiger partial charge >= 0.3 is 0 Å². The van der Waals surface area contributed by atoms with Crippen LogP contribution in [-0.4, -0.2) is 17.6 Å². The number of thioether (sulfide) groups is 1. The molecule has 0 aliphatic carbocycles. The first kappa shape index (κ1) is 20.6. The highest BCUT2D eigenvalue weighted by Gasteiger charge is 2.22. The molecule has 0 aromatic heterocycles. The van der Waals surface area contributed by atoms with Gasteiger partial charge < -0.3 is 0 Å². The highest BCUT2D eigenvalue weighted by atomic mass is 32.2. The molecule has 0 radical (unpaired) electrons. The van der Waals surface area contributed by atoms with Crippen molar-refractivity contribution in [3.05, 3.63) is 102 Å². The topological polar surface area (TPSA) is 58.2 Å². The van der Waals surface area contributed by atoms with Crippen LogP contribution in [0.5, 0.6) is 0 Å². The largest absolute Gasteiger partial charge is 0.273 e. The molecule has 0 aliphatic rings. The zero-order chi connectivity index (χ0) is 20.5. The summed E-state index contributed by atoms with van der Waals surface area (Å²) in [5.74, 6) is -0.879. The first-order valence-corrected chi connectivity index (χ1v) is 10.2. The Morgan fingerprint density at radius 1 is 0.793 bits per heavy atom. The average molecular weight is 408 g/mol. The molecule has 3 aromatic rings. The van der Waals surface area contributed by atoms with Crippen LogP contribution >= 0.6 is 11.8 Å². The molecular formula is C23H21FN2O2S. The fraction of sp³-hybridized carbons (Fsp3) is 0.130. The quantitative estimate of drug-likeness (QED) is 0.453. The van der Waals surface area contributed by atoms with Gasteiger partial charge in [-0.15, -0.1) is 11.8 Å². The second-order valence-electron chi connectivity index (χ2n) is 6.34. The summed E-state index contributed by atoms with van der Waals surface area (Å²) in [4.78, 5) is 25.8. The molecule has 2 N–H and O–H groups in total. The Hall–Kier alpha value is -3.12. The lowest BCUT2D eigenvalue weighted by Crippen LogP contribution is -2.44. The molecule has 0 fully saturated rings. The Morgan fingerprint density at radius 3 is 1.90 bits per heavy atom. The van der Waals surface area contributed by atoms with Crippen LogP contribution in [0.4, 0.5) is 4.39 Å². The van der Waals surface area contributed by atoms with Gasteiger partial charge in [-0.2, -0.15) is 0 Å². The zero-order valence-electron chi connectivity index (χ0n) is 15.7. The molecule has 3 aromatic carbocycles. The Labute approximate surface area is 173 Å². The number of carbonyl (C=O) groups is 2. The Bertz CT molecular complexity index is 895. The maximum absolute atomic E-state index is 12.9. The van der Waals surface area contributed by atoms with E-state index in [2.05, 4.69) is 10.9 Å². The zero-order valence-corrected chi connectivity index (χ0v) is 16.5. The highest BCUT2D eigenvalue weighted by Crippen LogP contribution is 2.24. The van der Waals surface area contributed by atoms with Gasteiger partial charge in [0.15, 0.2) is 0 Å². The van der Waals surface area contributed by atoms with Crippen LogP contribution in [0.1, 0.15) is 23.5 Å². The summed E-state index contributed by atoms with van der Waals surface area (Å²) < 4.78 is 12.9. The minimum atomic E-state index is -0.522. The summed E-state index contributed by atoms with van der Waals surface area (Å²) in [5, 5.41) is 0. The lowest BCUT2D eigenvalue weighted by Gasteiger charge is -2.18. The van der Waals surface area contributed by atoms with E-state index in [4.69, 9.17) is 0 Å². The number of hydrogen-bond acceptors (Lipinski definition) is 3. The van der Waals surface area contributed by atoms with E-state index in [-0.39, 0.29) is 24.1 Å². The van der Waals surface area contributed by atoms with E-state index in [1.54, 1.807) is 12.1 Å². The number of nitrogens with one attached hydrogen (secondary N) is 2. The molecule has 0 spiro atoms. The van der Waals surface area contributed by atoms with Crippen molar-refractivity contribution in [2.75, 3.05) is 5.75 Å². The molecule has 0 atom stereocenters. The van der Waals surface area contributed by atoms with E-state index in [9.17, 15) is 14.0 Å². The van der Waals surface area contributed by atoms with E-state index in [0.29, 0.717) is 5.75 Å². The predicted molar refractivity (Wildman–Crippen MR) is 113 cm³/mol. The average Bonchev–Trinajstić information content (AvgIpc) is 2.75. The third-order valence-electron chi connectivity index (χ3n) is 4.26. The van der Waals surface area contributed by atoms with Crippen molar-refractivity contribution in [2.45, 2.75) is 17.2 Å². The smallest absolute Gasteiger partial charge is 0.250 e. The van der Waals surface area contributed by atoms with Crippen molar-refractivity contribution in [3.8, 4) is 0 Å². The van der Waals surface area contributed by atoms with E-state index >= 15 is 0 Å². The van der Waals surface area contributed by atoms with Gasteiger partial charge in [-0.1, -0.05) is 60.7 Å². The SMILES string of the molecule is O=C(CCSc1ccc(F)cc1)NNC(=O)C(c1ccccc1)c1ccccc1. The van der Waals surface area contributed by atoms with Crippen molar-refractivity contribution in [1.82, 2.24) is 10.9 Å². The van der Waals surface area contributed by atoms with E-state index in [1.165, 1.54) is 23.9 Å². The van der Waals surface area contributed by atoms with Crippen LogP contribution in [0, 0.1) is 5.82 Å². The normalized spacial score (nSPS) is 10.6. The molecular weight excluding hydrogens is 387 g/mol. The van der Waals surface area contributed by atoms with Gasteiger partial charge in [-0.05, 0) is 35.4 Å². The van der Waals surface area contributed by atoms with E-state index < -0.39 is 5.92 Å². The lowest BCUT2D eigenvalue weighted by molar-refractivity contribution is -0.129. The molecule has 3 rings (SSSR count). The summed E-state index contributed by atoms with van der Waals surface area (Å²) in [6.07, 6.45) is 0.226. The van der Waals surface area contributed by atoms with Crippen LogP contribution < -0.4 is 10.9 Å². The third kappa shape index (κ3) is 6.19. The summed E-state index contributed by atoms with van der Waals surface area (Å²) >= 11 is 1.45. The number of halogens is 1. The Balaban J connectivity index is 1.54. The van der Waals surface area contributed by atoms with Gasteiger partial charge in [-0.3, -0.25) is 20.4 Å². The first-order chi connectivity index (χ1) is 14.1. The fourth-order valence-corrected chi connectivity index (χ4v) is 3.70. The monoisotopic (exact) mass is 408 g/mol. The standard InChI is InChI=1S/C23H21FN2O2S/c24-19-11-13-20(14-12-19)29-16-15-21(27)25-26-23(28)22(17-7-3-1-4-8-17)18-9-5-2-6-10-18/h1-14,22H,15-16H2,(H,25,27)(H,26,28). The lowest BCUT2D eigenvalue weighted by atomic mass is 9.91. The number of amides is 2. The highest BCUT2D eigenvalue weighted by molar-refractivity contribution is 7.99. The molecule has 2 amide bonds. The van der Waals surface area contributed by atoms with Gasteiger partial charge in [0.1, 0.15) is 5.82 Å². The minimum absolute atomic E-state index is 0.226. The van der Waals surface area contributed by atoms with Crippen LogP contribution in [0.3, 0.4) is 0 Å².